The van der Waals surface area contributed by atoms with Crippen LogP contribution in [-0.4, -0.2) is 32.5 Å². The summed E-state index contributed by atoms with van der Waals surface area (Å²) in [5, 5.41) is 4.11. The van der Waals surface area contributed by atoms with Crippen molar-refractivity contribution in [3.8, 4) is 11.5 Å². The molecule has 3 rings (SSSR count). The molecule has 104 valence electrons. The van der Waals surface area contributed by atoms with Gasteiger partial charge in [0.2, 0.25) is 0 Å². The Morgan fingerprint density at radius 3 is 2.95 bits per heavy atom. The van der Waals surface area contributed by atoms with E-state index in [-0.39, 0.29) is 0 Å². The Kier molecular flexibility index (Phi) is 4.11. The maximum atomic E-state index is 6.21. The van der Waals surface area contributed by atoms with Crippen molar-refractivity contribution in [3.05, 3.63) is 22.7 Å². The van der Waals surface area contributed by atoms with Gasteiger partial charge in [0, 0.05) is 19.2 Å². The Morgan fingerprint density at radius 1 is 1.21 bits per heavy atom. The van der Waals surface area contributed by atoms with Gasteiger partial charge in [-0.15, -0.1) is 0 Å². The van der Waals surface area contributed by atoms with Crippen LogP contribution in [-0.2, 0) is 11.3 Å². The van der Waals surface area contributed by atoms with Gasteiger partial charge in [0.15, 0.2) is 11.5 Å². The average molecular weight is 284 g/mol. The van der Waals surface area contributed by atoms with Crippen LogP contribution >= 0.6 is 11.6 Å². The first-order valence-corrected chi connectivity index (χ1v) is 7.10. The van der Waals surface area contributed by atoms with Crippen LogP contribution in [0, 0.1) is 0 Å². The largest absolute Gasteiger partial charge is 0.486 e. The van der Waals surface area contributed by atoms with E-state index in [2.05, 4.69) is 5.32 Å². The van der Waals surface area contributed by atoms with Crippen LogP contribution in [0.3, 0.4) is 0 Å². The highest BCUT2D eigenvalue weighted by molar-refractivity contribution is 6.32. The zero-order valence-corrected chi connectivity index (χ0v) is 11.5. The van der Waals surface area contributed by atoms with E-state index in [1.807, 2.05) is 12.1 Å². The van der Waals surface area contributed by atoms with Gasteiger partial charge < -0.3 is 19.5 Å². The third-order valence-corrected chi connectivity index (χ3v) is 3.69. The normalized spacial score (nSPS) is 22.3. The van der Waals surface area contributed by atoms with Crippen molar-refractivity contribution in [1.82, 2.24) is 5.32 Å². The first-order valence-electron chi connectivity index (χ1n) is 6.72. The summed E-state index contributed by atoms with van der Waals surface area (Å²) >= 11 is 6.21. The van der Waals surface area contributed by atoms with Crippen LogP contribution in [0.4, 0.5) is 0 Å². The van der Waals surface area contributed by atoms with Gasteiger partial charge in [-0.2, -0.15) is 0 Å². The molecule has 2 aliphatic heterocycles. The maximum absolute atomic E-state index is 6.21. The number of benzene rings is 1. The molecule has 5 heteroatoms. The molecule has 0 radical (unpaired) electrons. The second kappa shape index (κ2) is 5.99. The lowest BCUT2D eigenvalue weighted by atomic mass is 10.1. The monoisotopic (exact) mass is 283 g/mol. The first-order chi connectivity index (χ1) is 9.33. The molecule has 1 aromatic rings. The maximum Gasteiger partial charge on any atom is 0.179 e. The van der Waals surface area contributed by atoms with Crippen LogP contribution in [0.1, 0.15) is 18.4 Å². The predicted octanol–water partition coefficient (Wildman–Crippen LogP) is 2.38. The van der Waals surface area contributed by atoms with E-state index in [1.54, 1.807) is 0 Å². The molecule has 1 saturated heterocycles. The van der Waals surface area contributed by atoms with E-state index in [0.717, 1.165) is 43.9 Å². The van der Waals surface area contributed by atoms with E-state index in [0.29, 0.717) is 30.0 Å². The molecule has 0 saturated carbocycles. The minimum atomic E-state index is 0.431. The minimum absolute atomic E-state index is 0.431. The Balaban J connectivity index is 1.65. The van der Waals surface area contributed by atoms with Crippen molar-refractivity contribution in [2.75, 3.05) is 26.4 Å². The Bertz CT molecular complexity index is 447. The highest BCUT2D eigenvalue weighted by atomic mass is 35.5. The molecule has 0 spiro atoms. The van der Waals surface area contributed by atoms with Crippen molar-refractivity contribution in [1.29, 1.82) is 0 Å². The molecule has 2 heterocycles. The quantitative estimate of drug-likeness (QED) is 0.925. The number of halogens is 1. The van der Waals surface area contributed by atoms with Gasteiger partial charge in [-0.25, -0.2) is 0 Å². The molecule has 0 aliphatic carbocycles. The van der Waals surface area contributed by atoms with Gasteiger partial charge in [-0.05, 0) is 30.5 Å². The number of fused-ring (bicyclic) bond motifs is 1. The summed E-state index contributed by atoms with van der Waals surface area (Å²) in [6, 6.07) is 4.36. The van der Waals surface area contributed by atoms with Crippen molar-refractivity contribution in [3.63, 3.8) is 0 Å². The minimum Gasteiger partial charge on any atom is -0.486 e. The number of rotatable bonds is 3. The van der Waals surface area contributed by atoms with E-state index in [9.17, 15) is 0 Å². The molecule has 4 nitrogen and oxygen atoms in total. The first kappa shape index (κ1) is 13.0. The summed E-state index contributed by atoms with van der Waals surface area (Å²) in [7, 11) is 0. The third kappa shape index (κ3) is 3.14. The summed E-state index contributed by atoms with van der Waals surface area (Å²) in [4.78, 5) is 0. The van der Waals surface area contributed by atoms with Crippen molar-refractivity contribution in [2.45, 2.75) is 25.4 Å². The second-order valence-corrected chi connectivity index (χ2v) is 5.30. The standard InChI is InChI=1S/C14H18ClNO3/c15-12-6-10(7-13-14(12)19-5-4-18-13)8-16-11-2-1-3-17-9-11/h6-7,11,16H,1-5,8-9H2. The molecule has 0 bridgehead atoms. The predicted molar refractivity (Wildman–Crippen MR) is 73.1 cm³/mol. The van der Waals surface area contributed by atoms with Crippen LogP contribution in [0.2, 0.25) is 5.02 Å². The number of hydrogen-bond acceptors (Lipinski definition) is 4. The van der Waals surface area contributed by atoms with Gasteiger partial charge in [0.05, 0.1) is 11.6 Å². The Morgan fingerprint density at radius 2 is 2.11 bits per heavy atom. The van der Waals surface area contributed by atoms with Crippen LogP contribution in [0.15, 0.2) is 12.1 Å². The third-order valence-electron chi connectivity index (χ3n) is 3.41. The lowest BCUT2D eigenvalue weighted by molar-refractivity contribution is 0.0699. The summed E-state index contributed by atoms with van der Waals surface area (Å²) in [5.74, 6) is 1.41. The topological polar surface area (TPSA) is 39.7 Å². The van der Waals surface area contributed by atoms with Crippen LogP contribution < -0.4 is 14.8 Å². The van der Waals surface area contributed by atoms with Gasteiger partial charge in [0.25, 0.3) is 0 Å². The number of nitrogens with one attached hydrogen (secondary N) is 1. The van der Waals surface area contributed by atoms with E-state index in [4.69, 9.17) is 25.8 Å². The van der Waals surface area contributed by atoms with Crippen LogP contribution in [0.25, 0.3) is 0 Å². The second-order valence-electron chi connectivity index (χ2n) is 4.90. The molecule has 1 atom stereocenters. The van der Waals surface area contributed by atoms with Crippen molar-refractivity contribution >= 4 is 11.6 Å². The van der Waals surface area contributed by atoms with Gasteiger partial charge in [-0.1, -0.05) is 11.6 Å². The highest BCUT2D eigenvalue weighted by Gasteiger charge is 2.18. The smallest absolute Gasteiger partial charge is 0.179 e. The molecule has 19 heavy (non-hydrogen) atoms. The fourth-order valence-electron chi connectivity index (χ4n) is 2.43. The van der Waals surface area contributed by atoms with E-state index < -0.39 is 0 Å². The molecule has 0 aromatic heterocycles. The lowest BCUT2D eigenvalue weighted by Crippen LogP contribution is -2.36. The molecule has 1 unspecified atom stereocenters. The molecule has 1 aromatic carbocycles. The van der Waals surface area contributed by atoms with Crippen molar-refractivity contribution in [2.24, 2.45) is 0 Å². The number of hydrogen-bond donors (Lipinski definition) is 1. The number of ether oxygens (including phenoxy) is 3. The molecule has 2 aliphatic rings. The van der Waals surface area contributed by atoms with Crippen molar-refractivity contribution < 1.29 is 14.2 Å². The summed E-state index contributed by atoms with van der Waals surface area (Å²) < 4.78 is 16.5. The Labute approximate surface area is 118 Å². The molecule has 1 N–H and O–H groups in total. The molecular weight excluding hydrogens is 266 g/mol. The zero-order valence-electron chi connectivity index (χ0n) is 10.8. The molecule has 1 fully saturated rings. The van der Waals surface area contributed by atoms with Gasteiger partial charge in [-0.3, -0.25) is 0 Å². The highest BCUT2D eigenvalue weighted by Crippen LogP contribution is 2.38. The fourth-order valence-corrected chi connectivity index (χ4v) is 2.72. The average Bonchev–Trinajstić information content (AvgIpc) is 2.46. The van der Waals surface area contributed by atoms with E-state index >= 15 is 0 Å². The summed E-state index contributed by atoms with van der Waals surface area (Å²) in [5.41, 5.74) is 1.11. The zero-order chi connectivity index (χ0) is 13.1. The summed E-state index contributed by atoms with van der Waals surface area (Å²) in [6.07, 6.45) is 2.29. The fraction of sp³-hybridized carbons (Fsp3) is 0.571. The summed E-state index contributed by atoms with van der Waals surface area (Å²) in [6.45, 7) is 3.58. The molecule has 0 amide bonds. The molecular formula is C14H18ClNO3. The Hall–Kier alpha value is -0.970. The lowest BCUT2D eigenvalue weighted by Gasteiger charge is -2.24. The van der Waals surface area contributed by atoms with Crippen LogP contribution in [0.5, 0.6) is 11.5 Å². The van der Waals surface area contributed by atoms with Gasteiger partial charge in [0.1, 0.15) is 13.2 Å². The van der Waals surface area contributed by atoms with Gasteiger partial charge >= 0.3 is 0 Å². The SMILES string of the molecule is Clc1cc(CNC2CCCOC2)cc2c1OCCO2. The van der Waals surface area contributed by atoms with E-state index in [1.165, 1.54) is 0 Å².